The molecule has 1 aliphatic carbocycles. The molecule has 2 fully saturated rings. The zero-order chi connectivity index (χ0) is 14.0. The van der Waals surface area contributed by atoms with E-state index in [1.807, 2.05) is 12.1 Å². The molecule has 116 valence electrons. The second-order valence-corrected chi connectivity index (χ2v) is 5.57. The summed E-state index contributed by atoms with van der Waals surface area (Å²) in [7, 11) is 0. The van der Waals surface area contributed by atoms with E-state index in [1.165, 1.54) is 12.1 Å². The summed E-state index contributed by atoms with van der Waals surface area (Å²) in [6.07, 6.45) is 1.67. The van der Waals surface area contributed by atoms with Crippen molar-refractivity contribution in [2.75, 3.05) is 26.2 Å². The van der Waals surface area contributed by atoms with Crippen LogP contribution in [0.1, 0.15) is 18.4 Å². The lowest BCUT2D eigenvalue weighted by Gasteiger charge is -2.24. The standard InChI is InChI=1S/C15H19FN2O2.ClH/c16-12-3-1-11(2-4-12)15(5-6-15)10-18-14(19)13-9-17-7-8-20-13;/h1-4,13,17H,5-10H2,(H,18,19);1H. The molecule has 0 bridgehead atoms. The highest BCUT2D eigenvalue weighted by molar-refractivity contribution is 5.85. The van der Waals surface area contributed by atoms with Crippen LogP contribution >= 0.6 is 12.4 Å². The molecule has 1 aromatic rings. The molecule has 1 aliphatic heterocycles. The van der Waals surface area contributed by atoms with Crippen molar-refractivity contribution < 1.29 is 13.9 Å². The van der Waals surface area contributed by atoms with Crippen molar-refractivity contribution >= 4 is 18.3 Å². The molecule has 0 aromatic heterocycles. The van der Waals surface area contributed by atoms with Crippen LogP contribution in [0.5, 0.6) is 0 Å². The summed E-state index contributed by atoms with van der Waals surface area (Å²) in [5.74, 6) is -0.291. The van der Waals surface area contributed by atoms with Crippen LogP contribution in [-0.2, 0) is 14.9 Å². The van der Waals surface area contributed by atoms with Crippen LogP contribution in [-0.4, -0.2) is 38.3 Å². The quantitative estimate of drug-likeness (QED) is 0.883. The SMILES string of the molecule is Cl.O=C(NCC1(c2ccc(F)cc2)CC1)C1CNCCO1. The first-order valence-corrected chi connectivity index (χ1v) is 7.06. The molecule has 0 radical (unpaired) electrons. The molecular formula is C15H20ClFN2O2. The van der Waals surface area contributed by atoms with Gasteiger partial charge in [0.2, 0.25) is 5.91 Å². The van der Waals surface area contributed by atoms with Crippen molar-refractivity contribution in [3.8, 4) is 0 Å². The van der Waals surface area contributed by atoms with Gasteiger partial charge in [-0.2, -0.15) is 0 Å². The van der Waals surface area contributed by atoms with Gasteiger partial charge in [0, 0.05) is 25.0 Å². The van der Waals surface area contributed by atoms with Gasteiger partial charge in [-0.25, -0.2) is 4.39 Å². The van der Waals surface area contributed by atoms with E-state index in [9.17, 15) is 9.18 Å². The van der Waals surface area contributed by atoms with Crippen LogP contribution in [0.4, 0.5) is 4.39 Å². The first-order valence-electron chi connectivity index (χ1n) is 7.06. The highest BCUT2D eigenvalue weighted by atomic mass is 35.5. The van der Waals surface area contributed by atoms with Crippen LogP contribution in [0, 0.1) is 5.82 Å². The number of nitrogens with one attached hydrogen (secondary N) is 2. The lowest BCUT2D eigenvalue weighted by molar-refractivity contribution is -0.134. The smallest absolute Gasteiger partial charge is 0.250 e. The number of ether oxygens (including phenoxy) is 1. The van der Waals surface area contributed by atoms with Gasteiger partial charge < -0.3 is 15.4 Å². The number of carbonyl (C=O) groups excluding carboxylic acids is 1. The van der Waals surface area contributed by atoms with Crippen LogP contribution in [0.3, 0.4) is 0 Å². The molecular weight excluding hydrogens is 295 g/mol. The Hall–Kier alpha value is -1.17. The predicted octanol–water partition coefficient (Wildman–Crippen LogP) is 1.38. The van der Waals surface area contributed by atoms with Crippen molar-refractivity contribution in [3.05, 3.63) is 35.6 Å². The third-order valence-electron chi connectivity index (χ3n) is 4.13. The summed E-state index contributed by atoms with van der Waals surface area (Å²) in [6.45, 7) is 2.52. The second kappa shape index (κ2) is 6.73. The summed E-state index contributed by atoms with van der Waals surface area (Å²) < 4.78 is 18.4. The van der Waals surface area contributed by atoms with Crippen molar-refractivity contribution in [3.63, 3.8) is 0 Å². The average Bonchev–Trinajstić information content (AvgIpc) is 3.27. The van der Waals surface area contributed by atoms with Gasteiger partial charge >= 0.3 is 0 Å². The minimum absolute atomic E-state index is 0. The maximum Gasteiger partial charge on any atom is 0.250 e. The summed E-state index contributed by atoms with van der Waals surface area (Å²) in [5.41, 5.74) is 1.09. The van der Waals surface area contributed by atoms with E-state index in [2.05, 4.69) is 10.6 Å². The van der Waals surface area contributed by atoms with E-state index in [0.29, 0.717) is 19.7 Å². The Morgan fingerprint density at radius 2 is 2.10 bits per heavy atom. The monoisotopic (exact) mass is 314 g/mol. The van der Waals surface area contributed by atoms with E-state index in [1.54, 1.807) is 0 Å². The third-order valence-corrected chi connectivity index (χ3v) is 4.13. The molecule has 2 aliphatic rings. The summed E-state index contributed by atoms with van der Waals surface area (Å²) in [5, 5.41) is 6.11. The summed E-state index contributed by atoms with van der Waals surface area (Å²) >= 11 is 0. The van der Waals surface area contributed by atoms with Gasteiger partial charge in [-0.05, 0) is 30.5 Å². The Labute approximate surface area is 129 Å². The second-order valence-electron chi connectivity index (χ2n) is 5.57. The van der Waals surface area contributed by atoms with Crippen molar-refractivity contribution in [1.29, 1.82) is 0 Å². The molecule has 3 rings (SSSR count). The normalized spacial score (nSPS) is 23.0. The lowest BCUT2D eigenvalue weighted by Crippen LogP contribution is -2.49. The molecule has 1 heterocycles. The molecule has 2 N–H and O–H groups in total. The Balaban J connectivity index is 0.00000161. The van der Waals surface area contributed by atoms with Gasteiger partial charge in [-0.1, -0.05) is 12.1 Å². The van der Waals surface area contributed by atoms with E-state index in [-0.39, 0.29) is 29.5 Å². The number of benzene rings is 1. The molecule has 0 spiro atoms. The summed E-state index contributed by atoms with van der Waals surface area (Å²) in [6, 6.07) is 6.58. The zero-order valence-corrected chi connectivity index (χ0v) is 12.5. The molecule has 4 nitrogen and oxygen atoms in total. The van der Waals surface area contributed by atoms with Crippen LogP contribution in [0.25, 0.3) is 0 Å². The van der Waals surface area contributed by atoms with Crippen LogP contribution in [0.2, 0.25) is 0 Å². The number of amides is 1. The van der Waals surface area contributed by atoms with Crippen LogP contribution in [0.15, 0.2) is 24.3 Å². The third kappa shape index (κ3) is 3.73. The van der Waals surface area contributed by atoms with Gasteiger partial charge in [0.15, 0.2) is 0 Å². The maximum absolute atomic E-state index is 13.0. The topological polar surface area (TPSA) is 50.4 Å². The fourth-order valence-corrected chi connectivity index (χ4v) is 2.63. The number of hydrogen-bond donors (Lipinski definition) is 2. The van der Waals surface area contributed by atoms with E-state index >= 15 is 0 Å². The zero-order valence-electron chi connectivity index (χ0n) is 11.7. The van der Waals surface area contributed by atoms with Gasteiger partial charge in [-0.15, -0.1) is 12.4 Å². The van der Waals surface area contributed by atoms with Crippen molar-refractivity contribution in [1.82, 2.24) is 10.6 Å². The number of hydrogen-bond acceptors (Lipinski definition) is 3. The number of halogens is 2. The van der Waals surface area contributed by atoms with E-state index in [4.69, 9.17) is 4.74 Å². The Morgan fingerprint density at radius 3 is 2.67 bits per heavy atom. The molecule has 1 saturated heterocycles. The highest BCUT2D eigenvalue weighted by Gasteiger charge is 2.44. The van der Waals surface area contributed by atoms with Gasteiger partial charge in [0.1, 0.15) is 11.9 Å². The Morgan fingerprint density at radius 1 is 1.38 bits per heavy atom. The first-order chi connectivity index (χ1) is 9.70. The van der Waals surface area contributed by atoms with Crippen LogP contribution < -0.4 is 10.6 Å². The predicted molar refractivity (Wildman–Crippen MR) is 80.2 cm³/mol. The van der Waals surface area contributed by atoms with E-state index < -0.39 is 6.10 Å². The van der Waals surface area contributed by atoms with Crippen molar-refractivity contribution in [2.45, 2.75) is 24.4 Å². The first kappa shape index (κ1) is 16.2. The van der Waals surface area contributed by atoms with Gasteiger partial charge in [0.25, 0.3) is 0 Å². The minimum Gasteiger partial charge on any atom is -0.366 e. The van der Waals surface area contributed by atoms with Gasteiger partial charge in [-0.3, -0.25) is 4.79 Å². The molecule has 6 heteroatoms. The Kier molecular flexibility index (Phi) is 5.19. The van der Waals surface area contributed by atoms with Crippen molar-refractivity contribution in [2.24, 2.45) is 0 Å². The molecule has 21 heavy (non-hydrogen) atoms. The maximum atomic E-state index is 13.0. The molecule has 1 atom stereocenters. The molecule has 1 saturated carbocycles. The number of carbonyl (C=O) groups is 1. The minimum atomic E-state index is -0.396. The number of rotatable bonds is 4. The molecule has 1 unspecified atom stereocenters. The number of morpholine rings is 1. The average molecular weight is 315 g/mol. The molecule has 1 aromatic carbocycles. The largest absolute Gasteiger partial charge is 0.366 e. The lowest BCUT2D eigenvalue weighted by atomic mass is 9.96. The van der Waals surface area contributed by atoms with E-state index in [0.717, 1.165) is 24.9 Å². The molecule has 1 amide bonds. The van der Waals surface area contributed by atoms with Gasteiger partial charge in [0.05, 0.1) is 6.61 Å². The fraction of sp³-hybridized carbons (Fsp3) is 0.533. The Bertz CT molecular complexity index is 485. The highest BCUT2D eigenvalue weighted by Crippen LogP contribution is 2.47. The fourth-order valence-electron chi connectivity index (χ4n) is 2.63. The summed E-state index contributed by atoms with van der Waals surface area (Å²) in [4.78, 5) is 12.0.